The topological polar surface area (TPSA) is 55.0 Å². The normalized spacial score (nSPS) is 14.4. The van der Waals surface area contributed by atoms with E-state index in [1.807, 2.05) is 0 Å². The Bertz CT molecular complexity index is 683. The fourth-order valence-electron chi connectivity index (χ4n) is 1.72. The molecule has 1 aromatic carbocycles. The highest BCUT2D eigenvalue weighted by Crippen LogP contribution is 2.38. The minimum atomic E-state index is -0.426. The summed E-state index contributed by atoms with van der Waals surface area (Å²) in [5, 5.41) is 0. The van der Waals surface area contributed by atoms with Gasteiger partial charge in [-0.2, -0.15) is 4.98 Å². The second-order valence-corrected chi connectivity index (χ2v) is 5.28. The van der Waals surface area contributed by atoms with Gasteiger partial charge >= 0.3 is 0 Å². The van der Waals surface area contributed by atoms with E-state index < -0.39 is 5.82 Å². The lowest BCUT2D eigenvalue weighted by Gasteiger charge is -2.06. The Kier molecular flexibility index (Phi) is 3.10. The summed E-state index contributed by atoms with van der Waals surface area (Å²) in [7, 11) is 0. The maximum absolute atomic E-state index is 13.4. The molecular formula is C13H10BrFN2O2. The molecule has 0 spiro atoms. The van der Waals surface area contributed by atoms with Crippen molar-refractivity contribution in [3.05, 3.63) is 50.7 Å². The van der Waals surface area contributed by atoms with Gasteiger partial charge < -0.3 is 9.72 Å². The molecule has 0 bridgehead atoms. The molecule has 1 saturated carbocycles. The third-order valence-corrected chi connectivity index (χ3v) is 3.46. The maximum atomic E-state index is 13.4. The molecular weight excluding hydrogens is 315 g/mol. The molecule has 1 heterocycles. The Morgan fingerprint density at radius 3 is 2.84 bits per heavy atom. The fraction of sp³-hybridized carbons (Fsp3) is 0.231. The first-order chi connectivity index (χ1) is 9.11. The van der Waals surface area contributed by atoms with Crippen LogP contribution < -0.4 is 10.3 Å². The Hall–Kier alpha value is -1.69. The van der Waals surface area contributed by atoms with E-state index in [0.717, 1.165) is 12.8 Å². The molecule has 1 aromatic heterocycles. The zero-order valence-corrected chi connectivity index (χ0v) is 11.4. The van der Waals surface area contributed by atoms with Gasteiger partial charge in [0.05, 0.1) is 10.5 Å². The van der Waals surface area contributed by atoms with Crippen LogP contribution >= 0.6 is 15.9 Å². The summed E-state index contributed by atoms with van der Waals surface area (Å²) in [6, 6.07) is 5.64. The molecule has 19 heavy (non-hydrogen) atoms. The van der Waals surface area contributed by atoms with Crippen LogP contribution in [0.3, 0.4) is 0 Å². The number of aromatic amines is 1. The molecule has 0 aliphatic heterocycles. The summed E-state index contributed by atoms with van der Waals surface area (Å²) in [5.74, 6) is 1.02. The molecule has 1 fully saturated rings. The van der Waals surface area contributed by atoms with Crippen molar-refractivity contribution in [3.63, 3.8) is 0 Å². The lowest BCUT2D eigenvalue weighted by molar-refractivity contribution is 0.452. The van der Waals surface area contributed by atoms with Gasteiger partial charge in [0.15, 0.2) is 0 Å². The SMILES string of the molecule is O=c1cc(Oc2ccc(Br)c(F)c2)nc(C2CC2)[nH]1. The summed E-state index contributed by atoms with van der Waals surface area (Å²) >= 11 is 3.06. The van der Waals surface area contributed by atoms with Crippen LogP contribution in [-0.4, -0.2) is 9.97 Å². The molecule has 1 aliphatic carbocycles. The van der Waals surface area contributed by atoms with E-state index in [4.69, 9.17) is 4.74 Å². The van der Waals surface area contributed by atoms with E-state index in [0.29, 0.717) is 22.0 Å². The number of H-pyrrole nitrogens is 1. The summed E-state index contributed by atoms with van der Waals surface area (Å²) < 4.78 is 19.1. The van der Waals surface area contributed by atoms with Crippen molar-refractivity contribution in [2.45, 2.75) is 18.8 Å². The molecule has 98 valence electrons. The number of ether oxygens (including phenoxy) is 1. The van der Waals surface area contributed by atoms with Crippen LogP contribution in [0, 0.1) is 5.82 Å². The Morgan fingerprint density at radius 2 is 2.16 bits per heavy atom. The first kappa shape index (κ1) is 12.3. The lowest BCUT2D eigenvalue weighted by Crippen LogP contribution is -2.10. The molecule has 0 unspecified atom stereocenters. The van der Waals surface area contributed by atoms with Gasteiger partial charge in [0.25, 0.3) is 5.56 Å². The number of aromatic nitrogens is 2. The molecule has 0 amide bonds. The van der Waals surface area contributed by atoms with Crippen LogP contribution in [0.15, 0.2) is 33.5 Å². The predicted molar refractivity (Wildman–Crippen MR) is 71.0 cm³/mol. The third-order valence-electron chi connectivity index (χ3n) is 2.81. The average molecular weight is 325 g/mol. The van der Waals surface area contributed by atoms with Crippen LogP contribution in [0.2, 0.25) is 0 Å². The molecule has 2 aromatic rings. The average Bonchev–Trinajstić information content (AvgIpc) is 3.17. The number of rotatable bonds is 3. The lowest BCUT2D eigenvalue weighted by atomic mass is 10.3. The van der Waals surface area contributed by atoms with Gasteiger partial charge in [-0.05, 0) is 40.9 Å². The Balaban J connectivity index is 1.89. The second-order valence-electron chi connectivity index (χ2n) is 4.42. The third kappa shape index (κ3) is 2.84. The van der Waals surface area contributed by atoms with Gasteiger partial charge in [-0.1, -0.05) is 0 Å². The number of benzene rings is 1. The van der Waals surface area contributed by atoms with E-state index >= 15 is 0 Å². The Morgan fingerprint density at radius 1 is 1.37 bits per heavy atom. The van der Waals surface area contributed by atoms with Gasteiger partial charge in [-0.3, -0.25) is 4.79 Å². The minimum Gasteiger partial charge on any atom is -0.439 e. The molecule has 3 rings (SSSR count). The highest BCUT2D eigenvalue weighted by atomic mass is 79.9. The molecule has 4 nitrogen and oxygen atoms in total. The van der Waals surface area contributed by atoms with Crippen molar-refractivity contribution in [1.29, 1.82) is 0 Å². The molecule has 1 aliphatic rings. The Labute approximate surface area is 116 Å². The smallest absolute Gasteiger partial charge is 0.254 e. The number of hydrogen-bond acceptors (Lipinski definition) is 3. The molecule has 0 radical (unpaired) electrons. The van der Waals surface area contributed by atoms with Crippen LogP contribution in [0.1, 0.15) is 24.6 Å². The summed E-state index contributed by atoms with van der Waals surface area (Å²) in [6.07, 6.45) is 2.05. The number of nitrogens with one attached hydrogen (secondary N) is 1. The van der Waals surface area contributed by atoms with Crippen molar-refractivity contribution in [2.24, 2.45) is 0 Å². The van der Waals surface area contributed by atoms with E-state index in [-0.39, 0.29) is 11.4 Å². The summed E-state index contributed by atoms with van der Waals surface area (Å²) in [4.78, 5) is 18.4. The highest BCUT2D eigenvalue weighted by Gasteiger charge is 2.26. The van der Waals surface area contributed by atoms with Crippen molar-refractivity contribution in [3.8, 4) is 11.6 Å². The zero-order chi connectivity index (χ0) is 13.4. The van der Waals surface area contributed by atoms with E-state index in [1.54, 1.807) is 12.1 Å². The van der Waals surface area contributed by atoms with Crippen molar-refractivity contribution >= 4 is 15.9 Å². The number of hydrogen-bond donors (Lipinski definition) is 1. The van der Waals surface area contributed by atoms with E-state index in [2.05, 4.69) is 25.9 Å². The molecule has 0 saturated heterocycles. The first-order valence-electron chi connectivity index (χ1n) is 5.86. The van der Waals surface area contributed by atoms with Crippen LogP contribution in [0.5, 0.6) is 11.6 Å². The quantitative estimate of drug-likeness (QED) is 0.942. The van der Waals surface area contributed by atoms with Gasteiger partial charge in [0.2, 0.25) is 5.88 Å². The zero-order valence-electron chi connectivity index (χ0n) is 9.82. The van der Waals surface area contributed by atoms with Gasteiger partial charge in [-0.15, -0.1) is 0 Å². The predicted octanol–water partition coefficient (Wildman–Crippen LogP) is 3.34. The molecule has 6 heteroatoms. The van der Waals surface area contributed by atoms with Crippen molar-refractivity contribution in [1.82, 2.24) is 9.97 Å². The number of halogens is 2. The second kappa shape index (κ2) is 4.77. The molecule has 0 atom stereocenters. The van der Waals surface area contributed by atoms with Crippen LogP contribution in [-0.2, 0) is 0 Å². The summed E-state index contributed by atoms with van der Waals surface area (Å²) in [5.41, 5.74) is -0.260. The van der Waals surface area contributed by atoms with Crippen LogP contribution in [0.4, 0.5) is 4.39 Å². The van der Waals surface area contributed by atoms with E-state index in [9.17, 15) is 9.18 Å². The van der Waals surface area contributed by atoms with Gasteiger partial charge in [0.1, 0.15) is 17.4 Å². The molecule has 1 N–H and O–H groups in total. The first-order valence-corrected chi connectivity index (χ1v) is 6.65. The van der Waals surface area contributed by atoms with E-state index in [1.165, 1.54) is 12.1 Å². The van der Waals surface area contributed by atoms with Crippen molar-refractivity contribution < 1.29 is 9.13 Å². The van der Waals surface area contributed by atoms with Gasteiger partial charge in [0, 0.05) is 12.0 Å². The minimum absolute atomic E-state index is 0.187. The largest absolute Gasteiger partial charge is 0.439 e. The highest BCUT2D eigenvalue weighted by molar-refractivity contribution is 9.10. The van der Waals surface area contributed by atoms with Crippen LogP contribution in [0.25, 0.3) is 0 Å². The standard InChI is InChI=1S/C13H10BrFN2O2/c14-9-4-3-8(5-10(9)15)19-12-6-11(18)16-13(17-12)7-1-2-7/h3-7H,1-2H2,(H,16,17,18). The number of nitrogens with zero attached hydrogens (tertiary/aromatic N) is 1. The fourth-order valence-corrected chi connectivity index (χ4v) is 1.96. The monoisotopic (exact) mass is 324 g/mol. The summed E-state index contributed by atoms with van der Waals surface area (Å²) in [6.45, 7) is 0. The van der Waals surface area contributed by atoms with Crippen molar-refractivity contribution in [2.75, 3.05) is 0 Å². The maximum Gasteiger partial charge on any atom is 0.254 e. The van der Waals surface area contributed by atoms with Gasteiger partial charge in [-0.25, -0.2) is 4.39 Å².